The summed E-state index contributed by atoms with van der Waals surface area (Å²) in [7, 11) is 0. The predicted octanol–water partition coefficient (Wildman–Crippen LogP) is 0.126. The van der Waals surface area contributed by atoms with Gasteiger partial charge in [-0.2, -0.15) is 0 Å². The van der Waals surface area contributed by atoms with Crippen LogP contribution >= 0.6 is 0 Å². The Kier molecular flexibility index (Phi) is 3.83. The molecule has 1 aromatic heterocycles. The van der Waals surface area contributed by atoms with E-state index in [0.717, 1.165) is 0 Å². The number of rotatable bonds is 4. The molecule has 4 heteroatoms. The molecule has 0 aliphatic carbocycles. The lowest BCUT2D eigenvalue weighted by Gasteiger charge is -2.07. The van der Waals surface area contributed by atoms with Gasteiger partial charge in [0, 0.05) is 24.6 Å². The standard InChI is InChI=1S/C11H13N3O/c1-2-4-9(12)10(15)7-8-5-3-6-14-11(8)13/h1,3,5-6,9H,4,7,12H2,(H2,13,14). The molecule has 1 aromatic rings. The van der Waals surface area contributed by atoms with Crippen molar-refractivity contribution in [1.29, 1.82) is 0 Å². The molecule has 4 N–H and O–H groups in total. The fourth-order valence-corrected chi connectivity index (χ4v) is 1.16. The van der Waals surface area contributed by atoms with E-state index in [0.29, 0.717) is 11.4 Å². The lowest BCUT2D eigenvalue weighted by molar-refractivity contribution is -0.119. The third-order valence-electron chi connectivity index (χ3n) is 2.04. The first kappa shape index (κ1) is 11.2. The molecule has 78 valence electrons. The number of anilines is 1. The van der Waals surface area contributed by atoms with Gasteiger partial charge in [0.05, 0.1) is 6.04 Å². The van der Waals surface area contributed by atoms with Crippen LogP contribution in [0.4, 0.5) is 5.82 Å². The van der Waals surface area contributed by atoms with Crippen LogP contribution in [0.3, 0.4) is 0 Å². The Hall–Kier alpha value is -1.86. The Morgan fingerprint density at radius 2 is 2.40 bits per heavy atom. The highest BCUT2D eigenvalue weighted by Gasteiger charge is 2.14. The summed E-state index contributed by atoms with van der Waals surface area (Å²) in [6, 6.07) is 2.86. The van der Waals surface area contributed by atoms with Crippen LogP contribution in [0.15, 0.2) is 18.3 Å². The number of hydrogen-bond donors (Lipinski definition) is 2. The second-order valence-electron chi connectivity index (χ2n) is 3.21. The van der Waals surface area contributed by atoms with E-state index in [-0.39, 0.29) is 18.6 Å². The predicted molar refractivity (Wildman–Crippen MR) is 58.8 cm³/mol. The molecule has 0 aliphatic heterocycles. The van der Waals surface area contributed by atoms with E-state index in [2.05, 4.69) is 10.9 Å². The smallest absolute Gasteiger partial charge is 0.154 e. The number of nitrogens with two attached hydrogens (primary N) is 2. The van der Waals surface area contributed by atoms with Crippen LogP contribution in [-0.4, -0.2) is 16.8 Å². The number of carbonyl (C=O) groups excluding carboxylic acids is 1. The maximum absolute atomic E-state index is 11.6. The van der Waals surface area contributed by atoms with Crippen LogP contribution in [0, 0.1) is 12.3 Å². The number of hydrogen-bond acceptors (Lipinski definition) is 4. The zero-order valence-electron chi connectivity index (χ0n) is 8.31. The molecule has 0 fully saturated rings. The number of terminal acetylenes is 1. The Morgan fingerprint density at radius 3 is 3.00 bits per heavy atom. The minimum absolute atomic E-state index is 0.118. The molecule has 0 radical (unpaired) electrons. The molecule has 0 spiro atoms. The third-order valence-corrected chi connectivity index (χ3v) is 2.04. The summed E-state index contributed by atoms with van der Waals surface area (Å²) in [6.45, 7) is 0. The normalized spacial score (nSPS) is 11.7. The lowest BCUT2D eigenvalue weighted by Crippen LogP contribution is -2.31. The van der Waals surface area contributed by atoms with Crippen molar-refractivity contribution in [2.45, 2.75) is 18.9 Å². The molecule has 0 amide bonds. The number of Topliss-reactive ketones (excluding diaryl/α,β-unsaturated/α-hetero) is 1. The second-order valence-corrected chi connectivity index (χ2v) is 3.21. The zero-order valence-corrected chi connectivity index (χ0v) is 8.31. The average molecular weight is 203 g/mol. The number of carbonyl (C=O) groups is 1. The zero-order chi connectivity index (χ0) is 11.3. The number of pyridine rings is 1. The van der Waals surface area contributed by atoms with Gasteiger partial charge in [-0.1, -0.05) is 6.07 Å². The van der Waals surface area contributed by atoms with Crippen LogP contribution in [0.1, 0.15) is 12.0 Å². The molecule has 0 saturated heterocycles. The van der Waals surface area contributed by atoms with Gasteiger partial charge in [-0.3, -0.25) is 4.79 Å². The summed E-state index contributed by atoms with van der Waals surface area (Å²) in [5, 5.41) is 0. The minimum Gasteiger partial charge on any atom is -0.383 e. The van der Waals surface area contributed by atoms with Gasteiger partial charge in [0.25, 0.3) is 0 Å². The molecular weight excluding hydrogens is 190 g/mol. The maximum atomic E-state index is 11.6. The summed E-state index contributed by atoms with van der Waals surface area (Å²) in [5.41, 5.74) is 11.9. The topological polar surface area (TPSA) is 82.0 Å². The van der Waals surface area contributed by atoms with E-state index in [1.165, 1.54) is 0 Å². The van der Waals surface area contributed by atoms with Gasteiger partial charge in [-0.15, -0.1) is 12.3 Å². The summed E-state index contributed by atoms with van der Waals surface area (Å²) in [6.07, 6.45) is 7.08. The maximum Gasteiger partial charge on any atom is 0.154 e. The highest BCUT2D eigenvalue weighted by molar-refractivity contribution is 5.86. The van der Waals surface area contributed by atoms with Crippen LogP contribution in [0.5, 0.6) is 0 Å². The van der Waals surface area contributed by atoms with E-state index < -0.39 is 6.04 Å². The van der Waals surface area contributed by atoms with Crippen molar-refractivity contribution >= 4 is 11.6 Å². The Bertz CT molecular complexity index is 395. The molecule has 1 atom stereocenters. The van der Waals surface area contributed by atoms with Crippen LogP contribution in [0.25, 0.3) is 0 Å². The highest BCUT2D eigenvalue weighted by atomic mass is 16.1. The molecule has 1 rings (SSSR count). The fourth-order valence-electron chi connectivity index (χ4n) is 1.16. The quantitative estimate of drug-likeness (QED) is 0.681. The molecule has 0 bridgehead atoms. The van der Waals surface area contributed by atoms with Crippen LogP contribution in [0.2, 0.25) is 0 Å². The van der Waals surface area contributed by atoms with Crippen molar-refractivity contribution < 1.29 is 4.79 Å². The molecule has 1 unspecified atom stereocenters. The van der Waals surface area contributed by atoms with Gasteiger partial charge in [0.2, 0.25) is 0 Å². The summed E-state index contributed by atoms with van der Waals surface area (Å²) < 4.78 is 0. The number of aromatic nitrogens is 1. The van der Waals surface area contributed by atoms with Gasteiger partial charge in [0.15, 0.2) is 5.78 Å². The number of ketones is 1. The molecule has 1 heterocycles. The lowest BCUT2D eigenvalue weighted by atomic mass is 10.0. The molecule has 0 aromatic carbocycles. The van der Waals surface area contributed by atoms with E-state index in [9.17, 15) is 4.79 Å². The molecule has 0 aliphatic rings. The van der Waals surface area contributed by atoms with Crippen molar-refractivity contribution in [1.82, 2.24) is 4.98 Å². The van der Waals surface area contributed by atoms with Crippen molar-refractivity contribution in [3.8, 4) is 12.3 Å². The van der Waals surface area contributed by atoms with Crippen LogP contribution < -0.4 is 11.5 Å². The molecular formula is C11H13N3O. The monoisotopic (exact) mass is 203 g/mol. The van der Waals surface area contributed by atoms with Crippen molar-refractivity contribution in [2.75, 3.05) is 5.73 Å². The number of nitrogen functional groups attached to an aromatic ring is 1. The fraction of sp³-hybridized carbons (Fsp3) is 0.273. The van der Waals surface area contributed by atoms with E-state index in [1.54, 1.807) is 18.3 Å². The van der Waals surface area contributed by atoms with Gasteiger partial charge in [-0.05, 0) is 6.07 Å². The van der Waals surface area contributed by atoms with Gasteiger partial charge >= 0.3 is 0 Å². The van der Waals surface area contributed by atoms with Gasteiger partial charge < -0.3 is 11.5 Å². The first-order chi connectivity index (χ1) is 7.15. The Labute approximate surface area is 88.7 Å². The highest BCUT2D eigenvalue weighted by Crippen LogP contribution is 2.09. The van der Waals surface area contributed by atoms with Gasteiger partial charge in [-0.25, -0.2) is 4.98 Å². The third kappa shape index (κ3) is 3.08. The summed E-state index contributed by atoms with van der Waals surface area (Å²) in [4.78, 5) is 15.4. The van der Waals surface area contributed by atoms with Crippen molar-refractivity contribution in [3.63, 3.8) is 0 Å². The average Bonchev–Trinajstić information content (AvgIpc) is 2.21. The Balaban J connectivity index is 2.67. The molecule has 4 nitrogen and oxygen atoms in total. The summed E-state index contributed by atoms with van der Waals surface area (Å²) >= 11 is 0. The van der Waals surface area contributed by atoms with E-state index in [1.807, 2.05) is 0 Å². The second kappa shape index (κ2) is 5.13. The van der Waals surface area contributed by atoms with Crippen molar-refractivity contribution in [2.24, 2.45) is 5.73 Å². The van der Waals surface area contributed by atoms with Crippen LogP contribution in [-0.2, 0) is 11.2 Å². The SMILES string of the molecule is C#CCC(N)C(=O)Cc1cccnc1N. The minimum atomic E-state index is -0.616. The van der Waals surface area contributed by atoms with Gasteiger partial charge in [0.1, 0.15) is 5.82 Å². The number of nitrogens with zero attached hydrogens (tertiary/aromatic N) is 1. The van der Waals surface area contributed by atoms with E-state index in [4.69, 9.17) is 17.9 Å². The van der Waals surface area contributed by atoms with E-state index >= 15 is 0 Å². The van der Waals surface area contributed by atoms with Crippen molar-refractivity contribution in [3.05, 3.63) is 23.9 Å². The first-order valence-electron chi connectivity index (χ1n) is 4.56. The molecule has 0 saturated carbocycles. The molecule has 15 heavy (non-hydrogen) atoms. The Morgan fingerprint density at radius 1 is 1.67 bits per heavy atom. The first-order valence-corrected chi connectivity index (χ1v) is 4.56. The summed E-state index contributed by atoms with van der Waals surface area (Å²) in [5.74, 6) is 2.60. The largest absolute Gasteiger partial charge is 0.383 e.